The third-order valence-electron chi connectivity index (χ3n) is 5.47. The lowest BCUT2D eigenvalue weighted by atomic mass is 10.1. The van der Waals surface area contributed by atoms with Gasteiger partial charge in [0.15, 0.2) is 5.13 Å². The minimum Gasteiger partial charge on any atom is -0.302 e. The minimum atomic E-state index is -0.138. The van der Waals surface area contributed by atoms with Crippen LogP contribution in [0.4, 0.5) is 5.13 Å². The van der Waals surface area contributed by atoms with E-state index >= 15 is 0 Å². The van der Waals surface area contributed by atoms with Gasteiger partial charge in [-0.05, 0) is 41.7 Å². The van der Waals surface area contributed by atoms with E-state index in [9.17, 15) is 9.59 Å². The molecule has 0 atom stereocenters. The fourth-order valence-corrected chi connectivity index (χ4v) is 5.91. The number of anilines is 1. The molecule has 1 aliphatic rings. The molecule has 2 aromatic carbocycles. The van der Waals surface area contributed by atoms with Crippen LogP contribution in [0.15, 0.2) is 59.6 Å². The van der Waals surface area contributed by atoms with Crippen LogP contribution in [0.2, 0.25) is 5.02 Å². The number of carbonyl (C=O) groups excluding carboxylic acids is 2. The van der Waals surface area contributed by atoms with Crippen LogP contribution >= 0.6 is 46.9 Å². The number of thiazole rings is 1. The predicted octanol–water partition coefficient (Wildman–Crippen LogP) is 6.57. The minimum absolute atomic E-state index is 0.107. The van der Waals surface area contributed by atoms with Crippen molar-refractivity contribution in [2.75, 3.05) is 11.9 Å². The van der Waals surface area contributed by atoms with Crippen LogP contribution in [0, 0.1) is 0 Å². The Hall–Kier alpha value is -2.52. The zero-order valence-electron chi connectivity index (χ0n) is 19.1. The van der Waals surface area contributed by atoms with E-state index in [4.69, 9.17) is 23.8 Å². The summed E-state index contributed by atoms with van der Waals surface area (Å²) in [6.07, 6.45) is 6.04. The van der Waals surface area contributed by atoms with Crippen LogP contribution in [0.5, 0.6) is 0 Å². The number of halogens is 1. The summed E-state index contributed by atoms with van der Waals surface area (Å²) in [4.78, 5) is 32.7. The monoisotopic (exact) mass is 541 g/mol. The van der Waals surface area contributed by atoms with E-state index in [1.807, 2.05) is 42.5 Å². The smallest absolute Gasteiger partial charge is 0.266 e. The van der Waals surface area contributed by atoms with Crippen molar-refractivity contribution in [3.63, 3.8) is 0 Å². The molecule has 0 bridgehead atoms. The Morgan fingerprint density at radius 2 is 1.97 bits per heavy atom. The van der Waals surface area contributed by atoms with Gasteiger partial charge in [-0.15, -0.1) is 11.3 Å². The van der Waals surface area contributed by atoms with E-state index in [0.29, 0.717) is 38.8 Å². The van der Waals surface area contributed by atoms with Gasteiger partial charge in [-0.3, -0.25) is 14.5 Å². The highest BCUT2D eigenvalue weighted by Crippen LogP contribution is 2.33. The average molecular weight is 542 g/mol. The molecule has 1 N–H and O–H groups in total. The van der Waals surface area contributed by atoms with E-state index in [1.54, 1.807) is 11.1 Å². The SMILES string of the molecule is CCc1ccc(/C=C2\SC(=S)N(CCCC(=O)Nc3ncc(Cc4ccccc4Cl)s3)C2=O)cc1. The normalized spacial score (nSPS) is 14.7. The first-order valence-electron chi connectivity index (χ1n) is 11.2. The topological polar surface area (TPSA) is 62.3 Å². The Kier molecular flexibility index (Phi) is 8.73. The first-order chi connectivity index (χ1) is 16.9. The van der Waals surface area contributed by atoms with Crippen molar-refractivity contribution in [3.8, 4) is 0 Å². The van der Waals surface area contributed by atoms with Crippen molar-refractivity contribution in [3.05, 3.63) is 86.2 Å². The second-order valence-electron chi connectivity index (χ2n) is 7.98. The van der Waals surface area contributed by atoms with Gasteiger partial charge in [-0.2, -0.15) is 0 Å². The molecule has 0 aliphatic carbocycles. The molecule has 2 heterocycles. The Balaban J connectivity index is 1.26. The Morgan fingerprint density at radius 1 is 1.20 bits per heavy atom. The Morgan fingerprint density at radius 3 is 2.71 bits per heavy atom. The van der Waals surface area contributed by atoms with Crippen LogP contribution in [0.25, 0.3) is 6.08 Å². The van der Waals surface area contributed by atoms with E-state index in [-0.39, 0.29) is 18.2 Å². The van der Waals surface area contributed by atoms with Crippen LogP contribution in [0.3, 0.4) is 0 Å². The summed E-state index contributed by atoms with van der Waals surface area (Å²) in [5.74, 6) is -0.246. The van der Waals surface area contributed by atoms with Crippen molar-refractivity contribution >= 4 is 74.3 Å². The zero-order valence-corrected chi connectivity index (χ0v) is 22.3. The van der Waals surface area contributed by atoms with Crippen LogP contribution < -0.4 is 5.32 Å². The summed E-state index contributed by atoms with van der Waals surface area (Å²) in [6.45, 7) is 2.51. The molecular formula is C26H24ClN3O2S3. The summed E-state index contributed by atoms with van der Waals surface area (Å²) in [6, 6.07) is 15.8. The largest absolute Gasteiger partial charge is 0.302 e. The molecule has 35 heavy (non-hydrogen) atoms. The number of nitrogens with zero attached hydrogens (tertiary/aromatic N) is 2. The number of thioether (sulfide) groups is 1. The van der Waals surface area contributed by atoms with Crippen molar-refractivity contribution in [2.24, 2.45) is 0 Å². The molecule has 3 aromatic rings. The number of carbonyl (C=O) groups is 2. The summed E-state index contributed by atoms with van der Waals surface area (Å²) >= 11 is 14.4. The van der Waals surface area contributed by atoms with Crippen LogP contribution in [-0.4, -0.2) is 32.6 Å². The number of aryl methyl sites for hydroxylation is 1. The van der Waals surface area contributed by atoms with Crippen molar-refractivity contribution in [1.29, 1.82) is 0 Å². The van der Waals surface area contributed by atoms with Gasteiger partial charge < -0.3 is 5.32 Å². The van der Waals surface area contributed by atoms with E-state index < -0.39 is 0 Å². The second kappa shape index (κ2) is 11.9. The number of thiocarbonyl (C=S) groups is 1. The number of hydrogen-bond acceptors (Lipinski definition) is 6. The summed E-state index contributed by atoms with van der Waals surface area (Å²) in [5.41, 5.74) is 3.24. The molecule has 0 unspecified atom stereocenters. The third-order valence-corrected chi connectivity index (χ3v) is 8.13. The Bertz CT molecular complexity index is 1270. The summed E-state index contributed by atoms with van der Waals surface area (Å²) < 4.78 is 0.524. The first-order valence-corrected chi connectivity index (χ1v) is 13.7. The molecule has 0 radical (unpaired) electrons. The maximum atomic E-state index is 12.8. The number of hydrogen-bond donors (Lipinski definition) is 1. The molecular weight excluding hydrogens is 518 g/mol. The molecule has 0 spiro atoms. The van der Waals surface area contributed by atoms with Gasteiger partial charge in [0.1, 0.15) is 4.32 Å². The van der Waals surface area contributed by atoms with Gasteiger partial charge in [-0.1, -0.05) is 85.0 Å². The van der Waals surface area contributed by atoms with Gasteiger partial charge in [0, 0.05) is 35.5 Å². The molecule has 1 aliphatic heterocycles. The van der Waals surface area contributed by atoms with Gasteiger partial charge in [0.25, 0.3) is 5.91 Å². The standard InChI is InChI=1S/C26H24ClN3O2S3/c1-2-17-9-11-18(12-10-17)14-22-24(32)30(26(33)35-22)13-5-8-23(31)29-25-28-16-20(34-25)15-19-6-3-4-7-21(19)27/h3-4,6-7,9-12,14,16H,2,5,8,13,15H2,1H3,(H,28,29,31)/b22-14-. The van der Waals surface area contributed by atoms with Crippen LogP contribution in [0.1, 0.15) is 41.3 Å². The molecule has 2 amide bonds. The number of amides is 2. The number of nitrogens with one attached hydrogen (secondary N) is 1. The van der Waals surface area contributed by atoms with Gasteiger partial charge in [-0.25, -0.2) is 4.98 Å². The molecule has 4 rings (SSSR count). The molecule has 180 valence electrons. The third kappa shape index (κ3) is 6.79. The fourth-order valence-electron chi connectivity index (χ4n) is 3.55. The van der Waals surface area contributed by atoms with Crippen LogP contribution in [-0.2, 0) is 22.4 Å². The maximum absolute atomic E-state index is 12.8. The van der Waals surface area contributed by atoms with Gasteiger partial charge in [0.05, 0.1) is 4.91 Å². The van der Waals surface area contributed by atoms with Crippen molar-refractivity contribution in [1.82, 2.24) is 9.88 Å². The van der Waals surface area contributed by atoms with Crippen molar-refractivity contribution in [2.45, 2.75) is 32.6 Å². The Labute approximate surface area is 223 Å². The van der Waals surface area contributed by atoms with E-state index in [1.165, 1.54) is 28.7 Å². The molecule has 1 fully saturated rings. The lowest BCUT2D eigenvalue weighted by molar-refractivity contribution is -0.122. The zero-order chi connectivity index (χ0) is 24.8. The van der Waals surface area contributed by atoms with E-state index in [0.717, 1.165) is 22.4 Å². The highest BCUT2D eigenvalue weighted by atomic mass is 35.5. The molecule has 9 heteroatoms. The maximum Gasteiger partial charge on any atom is 0.266 e. The van der Waals surface area contributed by atoms with E-state index in [2.05, 4.69) is 29.4 Å². The number of benzene rings is 2. The molecule has 5 nitrogen and oxygen atoms in total. The number of rotatable bonds is 9. The molecule has 1 saturated heterocycles. The van der Waals surface area contributed by atoms with Gasteiger partial charge in [0.2, 0.25) is 5.91 Å². The summed E-state index contributed by atoms with van der Waals surface area (Å²) in [7, 11) is 0. The van der Waals surface area contributed by atoms with Crippen molar-refractivity contribution < 1.29 is 9.59 Å². The highest BCUT2D eigenvalue weighted by molar-refractivity contribution is 8.26. The first kappa shape index (κ1) is 25.6. The lowest BCUT2D eigenvalue weighted by Crippen LogP contribution is -2.29. The number of aromatic nitrogens is 1. The second-order valence-corrected chi connectivity index (χ2v) is 11.2. The van der Waals surface area contributed by atoms with Gasteiger partial charge >= 0.3 is 0 Å². The molecule has 0 saturated carbocycles. The lowest BCUT2D eigenvalue weighted by Gasteiger charge is -2.13. The quantitative estimate of drug-likeness (QED) is 0.245. The summed E-state index contributed by atoms with van der Waals surface area (Å²) in [5, 5.41) is 4.11. The molecule has 1 aromatic heterocycles. The predicted molar refractivity (Wildman–Crippen MR) is 150 cm³/mol. The average Bonchev–Trinajstić information content (AvgIpc) is 3.39. The highest BCUT2D eigenvalue weighted by Gasteiger charge is 2.31. The fraction of sp³-hybridized carbons (Fsp3) is 0.231.